The second-order valence-corrected chi connectivity index (χ2v) is 9.77. The molecule has 1 heterocycles. The summed E-state index contributed by atoms with van der Waals surface area (Å²) in [6, 6.07) is 19.3. The summed E-state index contributed by atoms with van der Waals surface area (Å²) in [6.45, 7) is 1.87. The molecule has 8 nitrogen and oxygen atoms in total. The molecule has 0 radical (unpaired) electrons. The highest BCUT2D eigenvalue weighted by Crippen LogP contribution is 2.40. The van der Waals surface area contributed by atoms with Crippen molar-refractivity contribution in [1.82, 2.24) is 4.90 Å². The van der Waals surface area contributed by atoms with Gasteiger partial charge in [0.25, 0.3) is 11.8 Å². The van der Waals surface area contributed by atoms with Gasteiger partial charge < -0.3 is 15.4 Å². The van der Waals surface area contributed by atoms with E-state index in [1.807, 2.05) is 0 Å². The van der Waals surface area contributed by atoms with Crippen LogP contribution < -0.4 is 10.6 Å². The zero-order valence-corrected chi connectivity index (χ0v) is 23.1. The monoisotopic (exact) mass is 591 g/mol. The van der Waals surface area contributed by atoms with Gasteiger partial charge >= 0.3 is 18.1 Å². The highest BCUT2D eigenvalue weighted by Gasteiger charge is 2.45. The van der Waals surface area contributed by atoms with E-state index in [0.717, 1.165) is 4.90 Å². The van der Waals surface area contributed by atoms with Crippen LogP contribution in [0.2, 0.25) is 0 Å². The van der Waals surface area contributed by atoms with E-state index in [9.17, 15) is 32.3 Å². The molecule has 4 rings (SSSR count). The number of halogens is 3. The Bertz CT molecular complexity index is 1570. The van der Waals surface area contributed by atoms with Crippen LogP contribution in [0.1, 0.15) is 53.7 Å². The van der Waals surface area contributed by atoms with Gasteiger partial charge in [0.2, 0.25) is 0 Å². The van der Waals surface area contributed by atoms with Crippen molar-refractivity contribution in [1.29, 1.82) is 0 Å². The number of carbonyl (C=O) groups is 4. The maximum atomic E-state index is 14.5. The lowest BCUT2D eigenvalue weighted by molar-refractivity contribution is -0.202. The summed E-state index contributed by atoms with van der Waals surface area (Å²) in [5.41, 5.74) is 7.26. The van der Waals surface area contributed by atoms with Gasteiger partial charge in [-0.1, -0.05) is 60.4 Å². The van der Waals surface area contributed by atoms with Crippen LogP contribution in [0.15, 0.2) is 78.9 Å². The Hall–Kier alpha value is -4.95. The van der Waals surface area contributed by atoms with E-state index in [1.165, 1.54) is 17.9 Å². The predicted octanol–water partition coefficient (Wildman–Crippen LogP) is 5.05. The lowest BCUT2D eigenvalue weighted by atomic mass is 10.0. The van der Waals surface area contributed by atoms with E-state index in [0.29, 0.717) is 36.2 Å². The van der Waals surface area contributed by atoms with E-state index >= 15 is 0 Å². The highest BCUT2D eigenvalue weighted by atomic mass is 19.4. The van der Waals surface area contributed by atoms with E-state index in [4.69, 9.17) is 5.73 Å². The summed E-state index contributed by atoms with van der Waals surface area (Å²) in [5.74, 6) is 0.622. The van der Waals surface area contributed by atoms with Gasteiger partial charge in [-0.2, -0.15) is 13.2 Å². The van der Waals surface area contributed by atoms with Crippen molar-refractivity contribution < 1.29 is 37.1 Å². The largest absolute Gasteiger partial charge is 0.491 e. The van der Waals surface area contributed by atoms with Gasteiger partial charge in [-0.05, 0) is 55.8 Å². The average molecular weight is 592 g/mol. The minimum absolute atomic E-state index is 0.0906. The molecule has 2 atom stereocenters. The quantitative estimate of drug-likeness (QED) is 0.178. The molecule has 0 fully saturated rings. The molecule has 0 saturated carbocycles. The van der Waals surface area contributed by atoms with Crippen molar-refractivity contribution in [2.45, 2.75) is 44.4 Å². The van der Waals surface area contributed by atoms with Crippen LogP contribution >= 0.6 is 0 Å². The molecular weight excluding hydrogens is 563 g/mol. The van der Waals surface area contributed by atoms with Crippen molar-refractivity contribution in [3.8, 4) is 11.8 Å². The van der Waals surface area contributed by atoms with Crippen molar-refractivity contribution in [2.75, 3.05) is 11.4 Å². The summed E-state index contributed by atoms with van der Waals surface area (Å²) in [4.78, 5) is 55.1. The number of hydrogen-bond donors (Lipinski definition) is 1. The molecule has 3 aromatic rings. The van der Waals surface area contributed by atoms with Crippen molar-refractivity contribution >= 4 is 35.1 Å². The average Bonchev–Trinajstić information content (AvgIpc) is 3.07. The first-order valence-corrected chi connectivity index (χ1v) is 13.4. The minimum atomic E-state index is -5.38. The summed E-state index contributed by atoms with van der Waals surface area (Å²) < 4.78 is 42.2. The van der Waals surface area contributed by atoms with Crippen LogP contribution in [-0.2, 0) is 19.1 Å². The van der Waals surface area contributed by atoms with Crippen LogP contribution in [0.25, 0.3) is 0 Å². The lowest BCUT2D eigenvalue weighted by Gasteiger charge is -2.35. The molecule has 0 saturated heterocycles. The Morgan fingerprint density at radius 1 is 1.00 bits per heavy atom. The maximum absolute atomic E-state index is 14.5. The molecule has 222 valence electrons. The molecule has 43 heavy (non-hydrogen) atoms. The Kier molecular flexibility index (Phi) is 9.63. The minimum Gasteiger partial charge on any atom is -0.386 e. The number of fused-ring (bicyclic) bond motifs is 1. The number of unbranched alkanes of at least 4 members (excludes halogenated alkanes) is 1. The highest BCUT2D eigenvalue weighted by molar-refractivity contribution is 6.14. The number of benzene rings is 3. The topological polar surface area (TPSA) is 110 Å². The summed E-state index contributed by atoms with van der Waals surface area (Å²) in [5, 5.41) is 0. The molecule has 11 heteroatoms. The van der Waals surface area contributed by atoms with Gasteiger partial charge in [0.05, 0.1) is 17.7 Å². The number of para-hydroxylation sites is 1. The van der Waals surface area contributed by atoms with Gasteiger partial charge in [-0.25, -0.2) is 4.79 Å². The Balaban J connectivity index is 1.86. The molecule has 0 spiro atoms. The third kappa shape index (κ3) is 7.10. The SMILES string of the molecule is CC(CC(=O)OC(=O)C(F)(F)F)N1C(=O)c2cc(C#CCCCN)ccc2N(c2ccccc2)C(=O)C1c1ccccc1. The fourth-order valence-corrected chi connectivity index (χ4v) is 4.73. The predicted molar refractivity (Wildman–Crippen MR) is 152 cm³/mol. The molecule has 0 aromatic heterocycles. The first kappa shape index (κ1) is 31.0. The third-order valence-electron chi connectivity index (χ3n) is 6.68. The number of nitrogens with zero attached hydrogens (tertiary/aromatic N) is 2. The molecule has 3 aromatic carbocycles. The number of rotatable bonds is 7. The maximum Gasteiger partial charge on any atom is 0.491 e. The van der Waals surface area contributed by atoms with Crippen molar-refractivity contribution in [3.05, 3.63) is 95.6 Å². The molecular formula is C32H28F3N3O5. The molecule has 0 bridgehead atoms. The van der Waals surface area contributed by atoms with E-state index in [1.54, 1.807) is 72.8 Å². The van der Waals surface area contributed by atoms with Gasteiger partial charge in [-0.15, -0.1) is 0 Å². The Labute approximate surface area is 246 Å². The fraction of sp³-hybridized carbons (Fsp3) is 0.250. The zero-order valence-electron chi connectivity index (χ0n) is 23.1. The normalized spacial score (nSPS) is 15.6. The number of anilines is 2. The number of alkyl halides is 3. The number of carbonyl (C=O) groups excluding carboxylic acids is 4. The number of ether oxygens (including phenoxy) is 1. The lowest BCUT2D eigenvalue weighted by Crippen LogP contribution is -2.46. The number of esters is 2. The second kappa shape index (κ2) is 13.4. The van der Waals surface area contributed by atoms with Gasteiger partial charge in [0.15, 0.2) is 0 Å². The Morgan fingerprint density at radius 2 is 1.65 bits per heavy atom. The zero-order chi connectivity index (χ0) is 31.1. The fourth-order valence-electron chi connectivity index (χ4n) is 4.73. The van der Waals surface area contributed by atoms with Crippen LogP contribution in [0.3, 0.4) is 0 Å². The molecule has 2 amide bonds. The summed E-state index contributed by atoms with van der Waals surface area (Å²) >= 11 is 0. The van der Waals surface area contributed by atoms with Gasteiger partial charge in [0, 0.05) is 23.7 Å². The number of hydrogen-bond acceptors (Lipinski definition) is 6. The van der Waals surface area contributed by atoms with Crippen LogP contribution in [-0.4, -0.2) is 47.4 Å². The standard InChI is InChI=1S/C32H28F3N3O5/c1-21(19-27(39)43-31(42)32(33,34)35)37-28(23-12-6-2-7-13-23)30(41)38(24-14-8-3-9-15-24)26-17-16-22(11-5-4-10-18-36)20-25(26)29(37)40/h2-3,6-9,12-17,20-21,28H,4,10,18-19,36H2,1H3. The van der Waals surface area contributed by atoms with Crippen LogP contribution in [0, 0.1) is 11.8 Å². The summed E-state index contributed by atoms with van der Waals surface area (Å²) in [7, 11) is 0. The molecule has 2 unspecified atom stereocenters. The number of amides is 2. The van der Waals surface area contributed by atoms with Crippen LogP contribution in [0.4, 0.5) is 24.5 Å². The van der Waals surface area contributed by atoms with Gasteiger partial charge in [-0.3, -0.25) is 19.3 Å². The van der Waals surface area contributed by atoms with Crippen molar-refractivity contribution in [2.24, 2.45) is 5.73 Å². The first-order valence-electron chi connectivity index (χ1n) is 13.4. The van der Waals surface area contributed by atoms with E-state index < -0.39 is 48.4 Å². The summed E-state index contributed by atoms with van der Waals surface area (Å²) in [6.07, 6.45) is -4.95. The van der Waals surface area contributed by atoms with E-state index in [-0.39, 0.29) is 11.3 Å². The van der Waals surface area contributed by atoms with Crippen molar-refractivity contribution in [3.63, 3.8) is 0 Å². The molecule has 0 aliphatic carbocycles. The van der Waals surface area contributed by atoms with E-state index in [2.05, 4.69) is 16.6 Å². The smallest absolute Gasteiger partial charge is 0.386 e. The third-order valence-corrected chi connectivity index (χ3v) is 6.68. The van der Waals surface area contributed by atoms with Gasteiger partial charge in [0.1, 0.15) is 6.04 Å². The molecule has 1 aliphatic heterocycles. The molecule has 1 aliphatic rings. The first-order chi connectivity index (χ1) is 20.5. The molecule has 2 N–H and O–H groups in total. The number of nitrogens with two attached hydrogens (primary N) is 1. The Morgan fingerprint density at radius 3 is 2.28 bits per heavy atom. The second-order valence-electron chi connectivity index (χ2n) is 9.77. The van der Waals surface area contributed by atoms with Crippen LogP contribution in [0.5, 0.6) is 0 Å².